The highest BCUT2D eigenvalue weighted by Crippen LogP contribution is 2.26. The number of nitrogens with two attached hydrogens (primary N) is 1. The molecule has 3 N–H and O–H groups in total. The minimum Gasteiger partial charge on any atom is -0.353 e. The van der Waals surface area contributed by atoms with Gasteiger partial charge in [0.2, 0.25) is 5.91 Å². The summed E-state index contributed by atoms with van der Waals surface area (Å²) in [5, 5.41) is 3.16. The smallest absolute Gasteiger partial charge is 0.222 e. The lowest BCUT2D eigenvalue weighted by atomic mass is 9.82. The van der Waals surface area contributed by atoms with E-state index in [0.29, 0.717) is 18.4 Å². The Morgan fingerprint density at radius 1 is 1.38 bits per heavy atom. The third-order valence-electron chi connectivity index (χ3n) is 3.40. The van der Waals surface area contributed by atoms with Crippen LogP contribution in [0.4, 0.5) is 0 Å². The molecule has 0 aromatic rings. The molecule has 1 saturated carbocycles. The Labute approximate surface area is 99.2 Å². The SMILES string of the molecule is CCC1CCCCC1NC(=O)CC(C)(C)N. The Kier molecular flexibility index (Phi) is 4.78. The molecule has 0 radical (unpaired) electrons. The fourth-order valence-corrected chi connectivity index (χ4v) is 2.56. The van der Waals surface area contributed by atoms with Gasteiger partial charge >= 0.3 is 0 Å². The maximum absolute atomic E-state index is 11.8. The molecule has 1 rings (SSSR count). The minimum atomic E-state index is -0.402. The number of carbonyl (C=O) groups is 1. The van der Waals surface area contributed by atoms with E-state index in [1.165, 1.54) is 19.3 Å². The van der Waals surface area contributed by atoms with Gasteiger partial charge in [-0.25, -0.2) is 0 Å². The normalized spacial score (nSPS) is 26.5. The van der Waals surface area contributed by atoms with Crippen molar-refractivity contribution in [3.05, 3.63) is 0 Å². The standard InChI is InChI=1S/C13H26N2O/c1-4-10-7-5-6-8-11(10)15-12(16)9-13(2,3)14/h10-11H,4-9,14H2,1-3H3,(H,15,16). The number of nitrogens with one attached hydrogen (secondary N) is 1. The van der Waals surface area contributed by atoms with Gasteiger partial charge in [-0.1, -0.05) is 26.2 Å². The van der Waals surface area contributed by atoms with E-state index >= 15 is 0 Å². The van der Waals surface area contributed by atoms with Crippen LogP contribution in [-0.4, -0.2) is 17.5 Å². The van der Waals surface area contributed by atoms with Crippen LogP contribution >= 0.6 is 0 Å². The third kappa shape index (κ3) is 4.52. The summed E-state index contributed by atoms with van der Waals surface area (Å²) >= 11 is 0. The average Bonchev–Trinajstić information content (AvgIpc) is 2.15. The van der Waals surface area contributed by atoms with Crippen molar-refractivity contribution in [3.8, 4) is 0 Å². The van der Waals surface area contributed by atoms with Gasteiger partial charge in [0.25, 0.3) is 0 Å². The summed E-state index contributed by atoms with van der Waals surface area (Å²) in [4.78, 5) is 11.8. The Morgan fingerprint density at radius 2 is 2.00 bits per heavy atom. The van der Waals surface area contributed by atoms with E-state index in [1.54, 1.807) is 0 Å². The van der Waals surface area contributed by atoms with Crippen molar-refractivity contribution in [3.63, 3.8) is 0 Å². The monoisotopic (exact) mass is 226 g/mol. The van der Waals surface area contributed by atoms with Gasteiger partial charge in [-0.15, -0.1) is 0 Å². The zero-order valence-corrected chi connectivity index (χ0v) is 10.9. The quantitative estimate of drug-likeness (QED) is 0.772. The summed E-state index contributed by atoms with van der Waals surface area (Å²) in [6, 6.07) is 0.383. The van der Waals surface area contributed by atoms with E-state index in [1.807, 2.05) is 13.8 Å². The van der Waals surface area contributed by atoms with Crippen molar-refractivity contribution in [2.75, 3.05) is 0 Å². The van der Waals surface area contributed by atoms with Crippen LogP contribution in [0.1, 0.15) is 59.3 Å². The summed E-state index contributed by atoms with van der Waals surface area (Å²) in [6.45, 7) is 6.00. The molecule has 3 nitrogen and oxygen atoms in total. The van der Waals surface area contributed by atoms with Gasteiger partial charge in [0.15, 0.2) is 0 Å². The predicted octanol–water partition coefficient (Wildman–Crippen LogP) is 2.20. The molecule has 0 heterocycles. The van der Waals surface area contributed by atoms with E-state index in [4.69, 9.17) is 5.73 Å². The first-order valence-electron chi connectivity index (χ1n) is 6.50. The van der Waals surface area contributed by atoms with Crippen molar-refractivity contribution < 1.29 is 4.79 Å². The lowest BCUT2D eigenvalue weighted by Gasteiger charge is -2.32. The maximum Gasteiger partial charge on any atom is 0.222 e. The zero-order chi connectivity index (χ0) is 12.2. The van der Waals surface area contributed by atoms with Crippen LogP contribution in [0.2, 0.25) is 0 Å². The number of hydrogen-bond donors (Lipinski definition) is 2. The first-order valence-corrected chi connectivity index (χ1v) is 6.50. The first kappa shape index (κ1) is 13.5. The Morgan fingerprint density at radius 3 is 2.56 bits per heavy atom. The van der Waals surface area contributed by atoms with Gasteiger partial charge in [-0.05, 0) is 32.6 Å². The van der Waals surface area contributed by atoms with Crippen LogP contribution in [0.3, 0.4) is 0 Å². The molecular formula is C13H26N2O. The molecule has 0 bridgehead atoms. The number of rotatable bonds is 4. The number of carbonyl (C=O) groups excluding carboxylic acids is 1. The average molecular weight is 226 g/mol. The van der Waals surface area contributed by atoms with Gasteiger partial charge in [0.1, 0.15) is 0 Å². The van der Waals surface area contributed by atoms with Crippen LogP contribution in [0, 0.1) is 5.92 Å². The molecule has 3 heteroatoms. The molecule has 0 aromatic carbocycles. The maximum atomic E-state index is 11.8. The van der Waals surface area contributed by atoms with E-state index in [2.05, 4.69) is 12.2 Å². The summed E-state index contributed by atoms with van der Waals surface area (Å²) in [5.74, 6) is 0.774. The van der Waals surface area contributed by atoms with Crippen LogP contribution in [-0.2, 0) is 4.79 Å². The van der Waals surface area contributed by atoms with Crippen LogP contribution in [0.15, 0.2) is 0 Å². The lowest BCUT2D eigenvalue weighted by Crippen LogP contribution is -2.46. The van der Waals surface area contributed by atoms with Gasteiger partial charge in [0.05, 0.1) is 0 Å². The third-order valence-corrected chi connectivity index (χ3v) is 3.40. The fourth-order valence-electron chi connectivity index (χ4n) is 2.56. The molecule has 16 heavy (non-hydrogen) atoms. The highest BCUT2D eigenvalue weighted by atomic mass is 16.1. The first-order chi connectivity index (χ1) is 7.42. The van der Waals surface area contributed by atoms with Crippen LogP contribution in [0.25, 0.3) is 0 Å². The number of amides is 1. The van der Waals surface area contributed by atoms with E-state index in [0.717, 1.165) is 12.8 Å². The molecule has 1 amide bonds. The summed E-state index contributed by atoms with van der Waals surface area (Å²) in [6.07, 6.45) is 6.53. The van der Waals surface area contributed by atoms with Gasteiger partial charge < -0.3 is 11.1 Å². The molecular weight excluding hydrogens is 200 g/mol. The molecule has 0 aromatic heterocycles. The molecule has 1 fully saturated rings. The second-order valence-electron chi connectivity index (χ2n) is 5.79. The minimum absolute atomic E-state index is 0.109. The fraction of sp³-hybridized carbons (Fsp3) is 0.923. The highest BCUT2D eigenvalue weighted by Gasteiger charge is 2.26. The Hall–Kier alpha value is -0.570. The van der Waals surface area contributed by atoms with Crippen molar-refractivity contribution in [1.29, 1.82) is 0 Å². The van der Waals surface area contributed by atoms with Gasteiger partial charge in [-0.2, -0.15) is 0 Å². The molecule has 0 saturated heterocycles. The summed E-state index contributed by atoms with van der Waals surface area (Å²) in [7, 11) is 0. The van der Waals surface area contributed by atoms with Crippen molar-refractivity contribution in [2.45, 2.75) is 70.9 Å². The molecule has 0 aliphatic heterocycles. The molecule has 1 aliphatic rings. The molecule has 1 aliphatic carbocycles. The second kappa shape index (κ2) is 5.67. The van der Waals surface area contributed by atoms with E-state index in [9.17, 15) is 4.79 Å². The van der Waals surface area contributed by atoms with Crippen molar-refractivity contribution in [1.82, 2.24) is 5.32 Å². The summed E-state index contributed by atoms with van der Waals surface area (Å²) < 4.78 is 0. The van der Waals surface area contributed by atoms with Gasteiger partial charge in [-0.3, -0.25) is 4.79 Å². The second-order valence-corrected chi connectivity index (χ2v) is 5.79. The summed E-state index contributed by atoms with van der Waals surface area (Å²) in [5.41, 5.74) is 5.45. The Bertz CT molecular complexity index is 233. The largest absolute Gasteiger partial charge is 0.353 e. The van der Waals surface area contributed by atoms with E-state index in [-0.39, 0.29) is 5.91 Å². The van der Waals surface area contributed by atoms with E-state index < -0.39 is 5.54 Å². The van der Waals surface area contributed by atoms with Crippen LogP contribution in [0.5, 0.6) is 0 Å². The van der Waals surface area contributed by atoms with Crippen LogP contribution < -0.4 is 11.1 Å². The molecule has 2 atom stereocenters. The molecule has 0 spiro atoms. The highest BCUT2D eigenvalue weighted by molar-refractivity contribution is 5.77. The molecule has 2 unspecified atom stereocenters. The number of hydrogen-bond acceptors (Lipinski definition) is 2. The zero-order valence-electron chi connectivity index (χ0n) is 10.9. The molecule has 94 valence electrons. The van der Waals surface area contributed by atoms with Crippen molar-refractivity contribution >= 4 is 5.91 Å². The topological polar surface area (TPSA) is 55.1 Å². The van der Waals surface area contributed by atoms with Crippen molar-refractivity contribution in [2.24, 2.45) is 11.7 Å². The Balaban J connectivity index is 2.42. The van der Waals surface area contributed by atoms with Gasteiger partial charge in [0, 0.05) is 18.0 Å². The lowest BCUT2D eigenvalue weighted by molar-refractivity contribution is -0.123. The predicted molar refractivity (Wildman–Crippen MR) is 67.1 cm³/mol.